The fraction of sp³-hybridized carbons (Fsp3) is 0.719. The molecule has 0 aliphatic carbocycles. The Labute approximate surface area is 432 Å². The van der Waals surface area contributed by atoms with Gasteiger partial charge in [-0.15, -0.1) is 0 Å². The molecule has 0 radical (unpaired) electrons. The second-order valence-corrected chi connectivity index (χ2v) is 20.1. The number of allylic oxidation sites excluding steroid dienone is 4. The van der Waals surface area contributed by atoms with Crippen molar-refractivity contribution < 1.29 is 20.4 Å². The van der Waals surface area contributed by atoms with Crippen LogP contribution < -0.4 is 0 Å². The van der Waals surface area contributed by atoms with Gasteiger partial charge in [0.25, 0.3) is 0 Å². The molecule has 2 rings (SSSR count). The molecule has 0 saturated heterocycles. The van der Waals surface area contributed by atoms with Crippen molar-refractivity contribution in [3.8, 4) is 0 Å². The molecule has 67 heavy (non-hydrogen) atoms. The molecule has 0 aromatic heterocycles. The van der Waals surface area contributed by atoms with Crippen molar-refractivity contribution >= 4 is 22.8 Å². The average Bonchev–Trinajstić information content (AvgIpc) is 3.33. The molecule has 0 saturated carbocycles. The van der Waals surface area contributed by atoms with Crippen LogP contribution in [0.5, 0.6) is 0 Å². The van der Waals surface area contributed by atoms with E-state index in [1.165, 1.54) is 241 Å². The van der Waals surface area contributed by atoms with E-state index in [9.17, 15) is 0 Å². The Morgan fingerprint density at radius 2 is 0.582 bits per heavy atom. The van der Waals surface area contributed by atoms with Gasteiger partial charge in [0.05, 0.1) is 22.8 Å². The van der Waals surface area contributed by atoms with E-state index < -0.39 is 0 Å². The minimum Gasteiger partial charge on any atom is -0.251 e. The summed E-state index contributed by atoms with van der Waals surface area (Å²) in [6.07, 6.45) is 65.3. The number of unbranched alkanes of at least 4 members (excludes halogenated alkanes) is 32. The third-order valence-electron chi connectivity index (χ3n) is 13.8. The van der Waals surface area contributed by atoms with E-state index in [-0.39, 0.29) is 20.4 Å². The van der Waals surface area contributed by atoms with E-state index in [0.717, 1.165) is 62.7 Å². The molecule has 0 spiro atoms. The van der Waals surface area contributed by atoms with Crippen LogP contribution in [0.2, 0.25) is 0 Å². The van der Waals surface area contributed by atoms with Crippen LogP contribution in [0.3, 0.4) is 0 Å². The standard InChI is InChI=1S/C64H108N2.Pd/c1-5-9-13-16-19-21-23-25-27-29-31-33-35-37-39-41-44-51-59-53-47-49-56-61(59)65-63(55-12-8-4)64(58-46-43-18-15-11-7-3)66-62-57-50-48-54-60(62)52-45-42-40-38-36-34-32-30-28-26-24-22-20-17-14-10-6-2;/h39-42,47-50,53-54,56-57H,5-38,43-46,51-52,55,58H2,1-4H3;/b41-39+,42-40+,65-63?,66-64?;. The maximum atomic E-state index is 5.57. The maximum Gasteiger partial charge on any atom is 0.0665 e. The van der Waals surface area contributed by atoms with Crippen molar-refractivity contribution in [2.45, 2.75) is 297 Å². The first kappa shape index (κ1) is 62.9. The monoisotopic (exact) mass is 1010 g/mol. The predicted octanol–water partition coefficient (Wildman–Crippen LogP) is 22.4. The molecule has 0 N–H and O–H groups in total. The van der Waals surface area contributed by atoms with Gasteiger partial charge in [0, 0.05) is 20.4 Å². The summed E-state index contributed by atoms with van der Waals surface area (Å²) in [4.78, 5) is 11.1. The van der Waals surface area contributed by atoms with Crippen LogP contribution in [-0.2, 0) is 33.3 Å². The second-order valence-electron chi connectivity index (χ2n) is 20.1. The average molecular weight is 1010 g/mol. The molecule has 0 fully saturated rings. The molecule has 2 aromatic rings. The van der Waals surface area contributed by atoms with Crippen LogP contribution in [0.1, 0.15) is 296 Å². The summed E-state index contributed by atoms with van der Waals surface area (Å²) in [5.74, 6) is 0. The number of para-hydroxylation sites is 2. The summed E-state index contributed by atoms with van der Waals surface area (Å²) < 4.78 is 0. The van der Waals surface area contributed by atoms with Crippen LogP contribution in [0.4, 0.5) is 11.4 Å². The number of benzene rings is 2. The molecule has 0 heterocycles. The van der Waals surface area contributed by atoms with E-state index in [0.29, 0.717) is 0 Å². The Morgan fingerprint density at radius 3 is 0.925 bits per heavy atom. The van der Waals surface area contributed by atoms with Crippen molar-refractivity contribution in [2.24, 2.45) is 9.98 Å². The van der Waals surface area contributed by atoms with Gasteiger partial charge in [0.15, 0.2) is 0 Å². The number of hydrogen-bond donors (Lipinski definition) is 0. The number of hydrogen-bond acceptors (Lipinski definition) is 2. The molecule has 0 amide bonds. The van der Waals surface area contributed by atoms with Crippen molar-refractivity contribution in [3.05, 3.63) is 84.0 Å². The fourth-order valence-corrected chi connectivity index (χ4v) is 9.41. The van der Waals surface area contributed by atoms with Gasteiger partial charge >= 0.3 is 0 Å². The molecular weight excluding hydrogens is 903 g/mol. The largest absolute Gasteiger partial charge is 0.251 e. The Bertz CT molecular complexity index is 1480. The summed E-state index contributed by atoms with van der Waals surface area (Å²) in [6.45, 7) is 9.23. The van der Waals surface area contributed by atoms with E-state index in [2.05, 4.69) is 101 Å². The third kappa shape index (κ3) is 36.5. The summed E-state index contributed by atoms with van der Waals surface area (Å²) in [5, 5.41) is 0. The molecule has 0 aliphatic rings. The number of aryl methyl sites for hydroxylation is 2. The van der Waals surface area contributed by atoms with E-state index in [1.54, 1.807) is 0 Å². The summed E-state index contributed by atoms with van der Waals surface area (Å²) in [6, 6.07) is 17.9. The van der Waals surface area contributed by atoms with Gasteiger partial charge in [-0.3, -0.25) is 9.98 Å². The van der Waals surface area contributed by atoms with Crippen molar-refractivity contribution in [3.63, 3.8) is 0 Å². The van der Waals surface area contributed by atoms with Crippen LogP contribution >= 0.6 is 0 Å². The zero-order valence-electron chi connectivity index (χ0n) is 44.8. The van der Waals surface area contributed by atoms with Gasteiger partial charge in [0.2, 0.25) is 0 Å². The number of rotatable bonds is 47. The Balaban J connectivity index is 0.0000224. The molecule has 384 valence electrons. The first-order valence-electron chi connectivity index (χ1n) is 29.3. The fourth-order valence-electron chi connectivity index (χ4n) is 9.41. The second kappa shape index (κ2) is 48.9. The molecule has 0 aliphatic heterocycles. The van der Waals surface area contributed by atoms with E-state index >= 15 is 0 Å². The topological polar surface area (TPSA) is 24.7 Å². The van der Waals surface area contributed by atoms with Crippen molar-refractivity contribution in [2.75, 3.05) is 0 Å². The minimum absolute atomic E-state index is 0. The van der Waals surface area contributed by atoms with Gasteiger partial charge in [-0.25, -0.2) is 0 Å². The summed E-state index contributed by atoms with van der Waals surface area (Å²) in [5.41, 5.74) is 7.45. The smallest absolute Gasteiger partial charge is 0.0665 e. The quantitative estimate of drug-likeness (QED) is 0.0273. The Hall–Kier alpha value is -2.08. The van der Waals surface area contributed by atoms with E-state index in [4.69, 9.17) is 9.98 Å². The molecule has 0 bridgehead atoms. The van der Waals surface area contributed by atoms with Crippen molar-refractivity contribution in [1.82, 2.24) is 0 Å². The SMILES string of the molecule is CCCCCCCCCCCCCCC/C=C/CCc1ccccc1N=C(CCCC)C(CCCCCCCC)=Nc1ccccc1CC/C=C/CCCCCCCCCCCCCCC.[Pd]. The third-order valence-corrected chi connectivity index (χ3v) is 13.8. The minimum atomic E-state index is 0. The first-order valence-corrected chi connectivity index (χ1v) is 29.3. The van der Waals surface area contributed by atoms with Crippen LogP contribution in [0, 0.1) is 0 Å². The normalized spacial score (nSPS) is 12.2. The van der Waals surface area contributed by atoms with Gasteiger partial charge in [-0.1, -0.05) is 281 Å². The first-order chi connectivity index (χ1) is 32.7. The molecular formula is C64H108N2Pd. The summed E-state index contributed by atoms with van der Waals surface area (Å²) >= 11 is 0. The zero-order chi connectivity index (χ0) is 47.1. The Kier molecular flexibility index (Phi) is 46.0. The van der Waals surface area contributed by atoms with Crippen LogP contribution in [0.15, 0.2) is 82.8 Å². The van der Waals surface area contributed by atoms with Gasteiger partial charge in [0.1, 0.15) is 0 Å². The van der Waals surface area contributed by atoms with Crippen LogP contribution in [-0.4, -0.2) is 11.4 Å². The predicted molar refractivity (Wildman–Crippen MR) is 300 cm³/mol. The zero-order valence-corrected chi connectivity index (χ0v) is 46.4. The molecule has 3 heteroatoms. The number of aliphatic imine (C=N–C) groups is 2. The van der Waals surface area contributed by atoms with Gasteiger partial charge < -0.3 is 0 Å². The molecule has 2 aromatic carbocycles. The maximum absolute atomic E-state index is 5.57. The summed E-state index contributed by atoms with van der Waals surface area (Å²) in [7, 11) is 0. The Morgan fingerprint density at radius 1 is 0.313 bits per heavy atom. The molecule has 0 atom stereocenters. The van der Waals surface area contributed by atoms with Gasteiger partial charge in [-0.05, 0) is 100 Å². The molecule has 2 nitrogen and oxygen atoms in total. The molecule has 0 unspecified atom stereocenters. The van der Waals surface area contributed by atoms with Crippen molar-refractivity contribution in [1.29, 1.82) is 0 Å². The van der Waals surface area contributed by atoms with Crippen LogP contribution in [0.25, 0.3) is 0 Å². The van der Waals surface area contributed by atoms with E-state index in [1.807, 2.05) is 0 Å². The van der Waals surface area contributed by atoms with Gasteiger partial charge in [-0.2, -0.15) is 0 Å². The number of nitrogens with zero attached hydrogens (tertiary/aromatic N) is 2.